The van der Waals surface area contributed by atoms with Crippen LogP contribution >= 0.6 is 12.2 Å². The highest BCUT2D eigenvalue weighted by Gasteiger charge is 2.13. The van der Waals surface area contributed by atoms with Crippen molar-refractivity contribution >= 4 is 28.9 Å². The smallest absolute Gasteiger partial charge is 0.236 e. The number of primary amides is 1. The van der Waals surface area contributed by atoms with Crippen molar-refractivity contribution in [1.82, 2.24) is 9.97 Å². The van der Waals surface area contributed by atoms with Crippen LogP contribution in [0.2, 0.25) is 0 Å². The Morgan fingerprint density at radius 2 is 2.07 bits per heavy atom. The monoisotopic (exact) mass is 225 g/mol. The lowest BCUT2D eigenvalue weighted by Crippen LogP contribution is -2.33. The molecule has 1 aromatic heterocycles. The molecule has 0 saturated carbocycles. The van der Waals surface area contributed by atoms with Gasteiger partial charge < -0.3 is 16.4 Å². The van der Waals surface area contributed by atoms with Crippen LogP contribution in [-0.4, -0.2) is 34.5 Å². The highest BCUT2D eigenvalue weighted by atomic mass is 32.1. The predicted octanol–water partition coefficient (Wildman–Crippen LogP) is -0.968. The van der Waals surface area contributed by atoms with Crippen LogP contribution < -0.4 is 16.4 Å². The number of carbonyl (C=O) groups excluding carboxylic acids is 1. The molecule has 0 radical (unpaired) electrons. The molecule has 0 aliphatic heterocycles. The van der Waals surface area contributed by atoms with E-state index in [1.54, 1.807) is 11.9 Å². The van der Waals surface area contributed by atoms with E-state index in [4.69, 9.17) is 23.7 Å². The number of rotatable bonds is 4. The lowest BCUT2D eigenvalue weighted by Gasteiger charge is -2.17. The van der Waals surface area contributed by atoms with E-state index >= 15 is 0 Å². The van der Waals surface area contributed by atoms with Crippen molar-refractivity contribution in [1.29, 1.82) is 0 Å². The second-order valence-electron chi connectivity index (χ2n) is 2.92. The normalized spacial score (nSPS) is 9.67. The average Bonchev–Trinajstić information content (AvgIpc) is 2.16. The number of thiocarbonyl (C=S) groups is 1. The maximum atomic E-state index is 10.7. The molecule has 1 heterocycles. The lowest BCUT2D eigenvalue weighted by atomic mass is 10.3. The molecule has 4 N–H and O–H groups in total. The van der Waals surface area contributed by atoms with Gasteiger partial charge in [-0.3, -0.25) is 4.79 Å². The highest BCUT2D eigenvalue weighted by Crippen LogP contribution is 2.12. The van der Waals surface area contributed by atoms with Gasteiger partial charge in [-0.1, -0.05) is 12.2 Å². The van der Waals surface area contributed by atoms with E-state index in [1.807, 2.05) is 0 Å². The van der Waals surface area contributed by atoms with Crippen molar-refractivity contribution in [2.45, 2.75) is 0 Å². The summed E-state index contributed by atoms with van der Waals surface area (Å²) in [5.74, 6) is -0.0131. The third-order valence-corrected chi connectivity index (χ3v) is 1.86. The minimum atomic E-state index is -0.461. The van der Waals surface area contributed by atoms with Gasteiger partial charge in [0.25, 0.3) is 0 Å². The number of aromatic nitrogens is 2. The Kier molecular flexibility index (Phi) is 3.51. The van der Waals surface area contributed by atoms with Gasteiger partial charge >= 0.3 is 0 Å². The van der Waals surface area contributed by atoms with Crippen molar-refractivity contribution < 1.29 is 4.79 Å². The minimum Gasteiger partial charge on any atom is -0.388 e. The van der Waals surface area contributed by atoms with Crippen molar-refractivity contribution in [3.8, 4) is 0 Å². The van der Waals surface area contributed by atoms with E-state index in [2.05, 4.69) is 9.97 Å². The quantitative estimate of drug-likeness (QED) is 0.640. The fourth-order valence-corrected chi connectivity index (χ4v) is 1.24. The van der Waals surface area contributed by atoms with E-state index in [0.717, 1.165) is 0 Å². The second kappa shape index (κ2) is 4.65. The summed E-state index contributed by atoms with van der Waals surface area (Å²) in [6.07, 6.45) is 2.98. The molecule has 1 amide bonds. The molecule has 0 aliphatic rings. The predicted molar refractivity (Wildman–Crippen MR) is 60.4 cm³/mol. The summed E-state index contributed by atoms with van der Waals surface area (Å²) in [4.78, 5) is 20.4. The molecule has 1 aromatic rings. The topological polar surface area (TPSA) is 98.1 Å². The summed E-state index contributed by atoms with van der Waals surface area (Å²) in [6, 6.07) is 0. The molecule has 1 rings (SSSR count). The third kappa shape index (κ3) is 2.84. The van der Waals surface area contributed by atoms with Gasteiger partial charge in [0.05, 0.1) is 6.54 Å². The lowest BCUT2D eigenvalue weighted by molar-refractivity contribution is -0.116. The molecule has 0 unspecified atom stereocenters. The van der Waals surface area contributed by atoms with Crippen LogP contribution in [0.25, 0.3) is 0 Å². The van der Waals surface area contributed by atoms with Gasteiger partial charge in [-0.15, -0.1) is 0 Å². The number of nitrogens with two attached hydrogens (primary N) is 2. The molecule has 80 valence electrons. The van der Waals surface area contributed by atoms with Gasteiger partial charge in [0, 0.05) is 19.4 Å². The zero-order chi connectivity index (χ0) is 11.4. The van der Waals surface area contributed by atoms with Gasteiger partial charge in [-0.25, -0.2) is 9.97 Å². The Bertz CT molecular complexity index is 394. The Balaban J connectivity index is 3.02. The fourth-order valence-electron chi connectivity index (χ4n) is 1.09. The number of hydrogen-bond donors (Lipinski definition) is 2. The fraction of sp³-hybridized carbons (Fsp3) is 0.250. The molecular formula is C8H11N5OS. The van der Waals surface area contributed by atoms with Crippen molar-refractivity contribution in [3.63, 3.8) is 0 Å². The first-order valence-electron chi connectivity index (χ1n) is 4.12. The van der Waals surface area contributed by atoms with Crippen LogP contribution in [0.4, 0.5) is 5.82 Å². The van der Waals surface area contributed by atoms with Gasteiger partial charge in [0.15, 0.2) is 5.82 Å². The zero-order valence-corrected chi connectivity index (χ0v) is 8.99. The zero-order valence-electron chi connectivity index (χ0n) is 8.17. The van der Waals surface area contributed by atoms with Crippen molar-refractivity contribution in [2.24, 2.45) is 11.5 Å². The maximum Gasteiger partial charge on any atom is 0.236 e. The van der Waals surface area contributed by atoms with Gasteiger partial charge in [0.1, 0.15) is 10.7 Å². The first-order valence-corrected chi connectivity index (χ1v) is 4.53. The molecule has 0 bridgehead atoms. The molecular weight excluding hydrogens is 214 g/mol. The molecule has 15 heavy (non-hydrogen) atoms. The number of anilines is 1. The summed E-state index contributed by atoms with van der Waals surface area (Å²) in [5, 5.41) is 0. The molecule has 7 heteroatoms. The van der Waals surface area contributed by atoms with Gasteiger partial charge in [0.2, 0.25) is 5.91 Å². The Morgan fingerprint density at radius 1 is 1.47 bits per heavy atom. The van der Waals surface area contributed by atoms with E-state index < -0.39 is 5.91 Å². The van der Waals surface area contributed by atoms with Crippen LogP contribution in [0, 0.1) is 0 Å². The van der Waals surface area contributed by atoms with Crippen LogP contribution in [0.15, 0.2) is 12.4 Å². The van der Waals surface area contributed by atoms with Crippen LogP contribution in [-0.2, 0) is 4.79 Å². The molecule has 0 fully saturated rings. The molecule has 0 saturated heterocycles. The van der Waals surface area contributed by atoms with Crippen molar-refractivity contribution in [2.75, 3.05) is 18.5 Å². The number of hydrogen-bond acceptors (Lipinski definition) is 5. The average molecular weight is 225 g/mol. The second-order valence-corrected chi connectivity index (χ2v) is 3.36. The maximum absolute atomic E-state index is 10.7. The molecule has 6 nitrogen and oxygen atoms in total. The van der Waals surface area contributed by atoms with E-state index in [9.17, 15) is 4.79 Å². The van der Waals surface area contributed by atoms with E-state index in [0.29, 0.717) is 11.5 Å². The number of likely N-dealkylation sites (N-methyl/N-ethyl adjacent to an activating group) is 1. The first kappa shape index (κ1) is 11.3. The van der Waals surface area contributed by atoms with E-state index in [1.165, 1.54) is 12.4 Å². The largest absolute Gasteiger partial charge is 0.388 e. The van der Waals surface area contributed by atoms with Crippen LogP contribution in [0.5, 0.6) is 0 Å². The first-order chi connectivity index (χ1) is 7.02. The number of amides is 1. The molecule has 0 aliphatic carbocycles. The van der Waals surface area contributed by atoms with Crippen LogP contribution in [0.1, 0.15) is 5.69 Å². The Hall–Kier alpha value is -1.76. The summed E-state index contributed by atoms with van der Waals surface area (Å²) in [5.41, 5.74) is 10.9. The number of nitrogens with zero attached hydrogens (tertiary/aromatic N) is 3. The minimum absolute atomic E-state index is 0.0360. The summed E-state index contributed by atoms with van der Waals surface area (Å²) in [6.45, 7) is 0.0360. The Labute approximate surface area is 92.3 Å². The summed E-state index contributed by atoms with van der Waals surface area (Å²) >= 11 is 4.81. The Morgan fingerprint density at radius 3 is 2.60 bits per heavy atom. The van der Waals surface area contributed by atoms with Gasteiger partial charge in [-0.05, 0) is 0 Å². The summed E-state index contributed by atoms with van der Waals surface area (Å²) in [7, 11) is 1.66. The SMILES string of the molecule is CN(CC(N)=O)c1nccnc1C(N)=S. The summed E-state index contributed by atoms with van der Waals surface area (Å²) < 4.78 is 0. The van der Waals surface area contributed by atoms with Gasteiger partial charge in [-0.2, -0.15) is 0 Å². The van der Waals surface area contributed by atoms with Crippen molar-refractivity contribution in [3.05, 3.63) is 18.1 Å². The molecule has 0 spiro atoms. The molecule has 0 atom stereocenters. The van der Waals surface area contributed by atoms with E-state index in [-0.39, 0.29) is 11.5 Å². The third-order valence-electron chi connectivity index (χ3n) is 1.67. The molecule has 0 aromatic carbocycles. The highest BCUT2D eigenvalue weighted by molar-refractivity contribution is 7.80. The standard InChI is InChI=1S/C8H11N5OS/c1-13(4-5(9)14)8-6(7(10)15)11-2-3-12-8/h2-3H,4H2,1H3,(H2,9,14)(H2,10,15). The van der Waals surface area contributed by atoms with Crippen LogP contribution in [0.3, 0.4) is 0 Å². The number of carbonyl (C=O) groups is 1.